The van der Waals surface area contributed by atoms with Gasteiger partial charge in [0.15, 0.2) is 11.5 Å². The third-order valence-electron chi connectivity index (χ3n) is 6.37. The molecule has 0 amide bonds. The molecule has 9 nitrogen and oxygen atoms in total. The molecule has 0 aliphatic rings. The van der Waals surface area contributed by atoms with Gasteiger partial charge in [-0.3, -0.25) is 0 Å². The maximum absolute atomic E-state index is 14.3. The first-order valence-electron chi connectivity index (χ1n) is 12.9. The SMILES string of the molecule is CCOC(=O)C(=Cc1c(-c2ccc(OC)c(OC)c2)n(S(=O)(=O)c2ccc(C)cc2)c2ccccc12)C(=O)OCC. The molecule has 0 N–H and O–H groups in total. The van der Waals surface area contributed by atoms with Gasteiger partial charge in [-0.1, -0.05) is 35.9 Å². The van der Waals surface area contributed by atoms with E-state index in [4.69, 9.17) is 18.9 Å². The zero-order chi connectivity index (χ0) is 29.7. The van der Waals surface area contributed by atoms with Gasteiger partial charge in [-0.25, -0.2) is 22.0 Å². The number of hydrogen-bond acceptors (Lipinski definition) is 8. The summed E-state index contributed by atoms with van der Waals surface area (Å²) >= 11 is 0. The van der Waals surface area contributed by atoms with Crippen molar-refractivity contribution in [1.29, 1.82) is 0 Å². The van der Waals surface area contributed by atoms with Crippen LogP contribution in [-0.2, 0) is 29.1 Å². The Balaban J connectivity index is 2.17. The van der Waals surface area contributed by atoms with Gasteiger partial charge in [-0.15, -0.1) is 0 Å². The molecule has 214 valence electrons. The van der Waals surface area contributed by atoms with E-state index < -0.39 is 22.0 Å². The number of benzene rings is 3. The Morgan fingerprint density at radius 1 is 0.829 bits per heavy atom. The Morgan fingerprint density at radius 3 is 2.02 bits per heavy atom. The first kappa shape index (κ1) is 29.4. The minimum atomic E-state index is -4.19. The number of fused-ring (bicyclic) bond motifs is 1. The smallest absolute Gasteiger partial charge is 0.345 e. The fraction of sp³-hybridized carbons (Fsp3) is 0.226. The van der Waals surface area contributed by atoms with E-state index in [2.05, 4.69) is 0 Å². The van der Waals surface area contributed by atoms with Gasteiger partial charge in [0.2, 0.25) is 0 Å². The number of carbonyl (C=O) groups is 2. The molecule has 0 aliphatic heterocycles. The molecule has 0 radical (unpaired) electrons. The van der Waals surface area contributed by atoms with E-state index in [1.165, 1.54) is 36.4 Å². The molecule has 1 aromatic heterocycles. The van der Waals surface area contributed by atoms with E-state index in [9.17, 15) is 18.0 Å². The fourth-order valence-corrected chi connectivity index (χ4v) is 6.02. The van der Waals surface area contributed by atoms with Crippen LogP contribution in [-0.4, -0.2) is 51.8 Å². The molecule has 0 saturated heterocycles. The van der Waals surface area contributed by atoms with E-state index in [-0.39, 0.29) is 29.4 Å². The second kappa shape index (κ2) is 12.3. The van der Waals surface area contributed by atoms with Crippen molar-refractivity contribution < 1.29 is 37.0 Å². The summed E-state index contributed by atoms with van der Waals surface area (Å²) in [4.78, 5) is 25.9. The molecular weight excluding hydrogens is 546 g/mol. The lowest BCUT2D eigenvalue weighted by Crippen LogP contribution is -2.18. The number of esters is 2. The number of nitrogens with zero attached hydrogens (tertiary/aromatic N) is 1. The Labute approximate surface area is 239 Å². The topological polar surface area (TPSA) is 110 Å². The predicted octanol–water partition coefficient (Wildman–Crippen LogP) is 5.38. The standard InChI is InChI=1S/C31H31NO8S/c1-6-39-30(33)25(31(34)40-7-2)19-24-23-10-8-9-11-26(23)32(41(35,36)22-15-12-20(3)13-16-22)29(24)21-14-17-27(37-4)28(18-21)38-5/h8-19H,6-7H2,1-5H3. The maximum atomic E-state index is 14.3. The zero-order valence-corrected chi connectivity index (χ0v) is 24.3. The lowest BCUT2D eigenvalue weighted by atomic mass is 10.0. The summed E-state index contributed by atoms with van der Waals surface area (Å²) in [6.45, 7) is 5.17. The van der Waals surface area contributed by atoms with Crippen LogP contribution < -0.4 is 9.47 Å². The van der Waals surface area contributed by atoms with Crippen molar-refractivity contribution in [3.8, 4) is 22.8 Å². The summed E-state index contributed by atoms with van der Waals surface area (Å²) in [7, 11) is -1.22. The first-order valence-corrected chi connectivity index (χ1v) is 14.4. The Morgan fingerprint density at radius 2 is 1.44 bits per heavy atom. The Hall–Kier alpha value is -4.57. The number of methoxy groups -OCH3 is 2. The van der Waals surface area contributed by atoms with Crippen molar-refractivity contribution >= 4 is 38.9 Å². The Bertz CT molecular complexity index is 1710. The number of aromatic nitrogens is 1. The van der Waals surface area contributed by atoms with Crippen LogP contribution in [0.3, 0.4) is 0 Å². The highest BCUT2D eigenvalue weighted by Crippen LogP contribution is 2.41. The van der Waals surface area contributed by atoms with Gasteiger partial charge in [-0.05, 0) is 63.2 Å². The molecule has 3 aromatic carbocycles. The highest BCUT2D eigenvalue weighted by atomic mass is 32.2. The molecule has 1 heterocycles. The number of hydrogen-bond donors (Lipinski definition) is 0. The number of para-hydroxylation sites is 1. The molecule has 0 saturated carbocycles. The van der Waals surface area contributed by atoms with Crippen LogP contribution in [0.1, 0.15) is 25.0 Å². The lowest BCUT2D eigenvalue weighted by Gasteiger charge is -2.15. The van der Waals surface area contributed by atoms with Gasteiger partial charge >= 0.3 is 11.9 Å². The van der Waals surface area contributed by atoms with Crippen LogP contribution in [0, 0.1) is 6.92 Å². The molecule has 0 fully saturated rings. The number of ether oxygens (including phenoxy) is 4. The summed E-state index contributed by atoms with van der Waals surface area (Å²) in [5, 5.41) is 0.485. The van der Waals surface area contributed by atoms with Crippen molar-refractivity contribution in [2.75, 3.05) is 27.4 Å². The third kappa shape index (κ3) is 5.69. The van der Waals surface area contributed by atoms with Crippen LogP contribution in [0.4, 0.5) is 0 Å². The highest BCUT2D eigenvalue weighted by Gasteiger charge is 2.30. The summed E-state index contributed by atoms with van der Waals surface area (Å²) in [5.74, 6) is -0.971. The lowest BCUT2D eigenvalue weighted by molar-refractivity contribution is -0.146. The van der Waals surface area contributed by atoms with Gasteiger partial charge < -0.3 is 18.9 Å². The molecule has 0 bridgehead atoms. The van der Waals surface area contributed by atoms with Gasteiger partial charge in [0.25, 0.3) is 10.0 Å². The summed E-state index contributed by atoms with van der Waals surface area (Å²) in [6.07, 6.45) is 1.32. The minimum absolute atomic E-state index is 0.0294. The Kier molecular flexibility index (Phi) is 8.83. The maximum Gasteiger partial charge on any atom is 0.345 e. The summed E-state index contributed by atoms with van der Waals surface area (Å²) in [6, 6.07) is 18.3. The van der Waals surface area contributed by atoms with Gasteiger partial charge in [0.1, 0.15) is 5.57 Å². The molecule has 4 aromatic rings. The number of aryl methyl sites for hydroxylation is 1. The van der Waals surface area contributed by atoms with E-state index in [0.29, 0.717) is 33.5 Å². The molecule has 0 spiro atoms. The summed E-state index contributed by atoms with van der Waals surface area (Å²) < 4.78 is 51.0. The quantitative estimate of drug-likeness (QED) is 0.107. The van der Waals surface area contributed by atoms with E-state index in [1.54, 1.807) is 68.4 Å². The van der Waals surface area contributed by atoms with Crippen molar-refractivity contribution in [2.24, 2.45) is 0 Å². The predicted molar refractivity (Wildman–Crippen MR) is 155 cm³/mol. The van der Waals surface area contributed by atoms with Crippen LogP contribution in [0.15, 0.2) is 77.2 Å². The number of carbonyl (C=O) groups excluding carboxylic acids is 2. The highest BCUT2D eigenvalue weighted by molar-refractivity contribution is 7.90. The third-order valence-corrected chi connectivity index (χ3v) is 8.09. The molecule has 41 heavy (non-hydrogen) atoms. The largest absolute Gasteiger partial charge is 0.493 e. The van der Waals surface area contributed by atoms with E-state index in [1.807, 2.05) is 6.92 Å². The van der Waals surface area contributed by atoms with Crippen molar-refractivity contribution in [2.45, 2.75) is 25.7 Å². The van der Waals surface area contributed by atoms with Crippen LogP contribution in [0.25, 0.3) is 28.2 Å². The average molecular weight is 578 g/mol. The van der Waals surface area contributed by atoms with Crippen LogP contribution >= 0.6 is 0 Å². The minimum Gasteiger partial charge on any atom is -0.493 e. The monoisotopic (exact) mass is 577 g/mol. The molecule has 0 aliphatic carbocycles. The molecule has 0 unspecified atom stereocenters. The first-order chi connectivity index (χ1) is 19.7. The van der Waals surface area contributed by atoms with Crippen molar-refractivity contribution in [3.63, 3.8) is 0 Å². The average Bonchev–Trinajstić information content (AvgIpc) is 3.30. The van der Waals surface area contributed by atoms with E-state index in [0.717, 1.165) is 5.56 Å². The zero-order valence-electron chi connectivity index (χ0n) is 23.5. The van der Waals surface area contributed by atoms with Crippen molar-refractivity contribution in [3.05, 3.63) is 83.4 Å². The van der Waals surface area contributed by atoms with Gasteiger partial charge in [-0.2, -0.15) is 0 Å². The van der Waals surface area contributed by atoms with Crippen molar-refractivity contribution in [1.82, 2.24) is 3.97 Å². The molecular formula is C31H31NO8S. The summed E-state index contributed by atoms with van der Waals surface area (Å²) in [5.41, 5.74) is 1.83. The fourth-order valence-electron chi connectivity index (χ4n) is 4.47. The second-order valence-corrected chi connectivity index (χ2v) is 10.7. The molecule has 10 heteroatoms. The van der Waals surface area contributed by atoms with Crippen LogP contribution in [0.2, 0.25) is 0 Å². The van der Waals surface area contributed by atoms with E-state index >= 15 is 0 Å². The van der Waals surface area contributed by atoms with Gasteiger partial charge in [0, 0.05) is 16.5 Å². The molecule has 4 rings (SSSR count). The number of rotatable bonds is 10. The normalized spacial score (nSPS) is 11.1. The van der Waals surface area contributed by atoms with Gasteiger partial charge in [0.05, 0.1) is 43.5 Å². The second-order valence-electron chi connectivity index (χ2n) is 8.93. The molecule has 0 atom stereocenters. The van der Waals surface area contributed by atoms with Crippen LogP contribution in [0.5, 0.6) is 11.5 Å².